The number of carbonyl (C=O) groups is 1. The van der Waals surface area contributed by atoms with Crippen LogP contribution in [0.5, 0.6) is 0 Å². The Kier molecular flexibility index (Phi) is 3.23. The summed E-state index contributed by atoms with van der Waals surface area (Å²) in [4.78, 5) is 23.0. The third-order valence-electron chi connectivity index (χ3n) is 4.10. The van der Waals surface area contributed by atoms with E-state index in [4.69, 9.17) is 4.74 Å². The van der Waals surface area contributed by atoms with Crippen molar-refractivity contribution in [2.75, 3.05) is 0 Å². The normalized spacial score (nSPS) is 16.2. The van der Waals surface area contributed by atoms with Crippen LogP contribution >= 0.6 is 0 Å². The van der Waals surface area contributed by atoms with Crippen molar-refractivity contribution in [3.05, 3.63) is 35.6 Å². The van der Waals surface area contributed by atoms with Crippen molar-refractivity contribution in [2.24, 2.45) is 0 Å². The van der Waals surface area contributed by atoms with E-state index in [1.165, 1.54) is 5.56 Å². The van der Waals surface area contributed by atoms with Crippen LogP contribution in [0.15, 0.2) is 18.5 Å². The quantitative estimate of drug-likeness (QED) is 0.743. The SMILES string of the molecule is CC(C)(C)OC(=O)N1C=Cn2c(nc3cnc4c(c32)CCC=C4)C1. The van der Waals surface area contributed by atoms with Gasteiger partial charge in [-0.1, -0.05) is 6.08 Å². The van der Waals surface area contributed by atoms with Crippen LogP contribution in [0.1, 0.15) is 44.3 Å². The number of allylic oxidation sites excluding steroid dienone is 1. The van der Waals surface area contributed by atoms with Gasteiger partial charge in [-0.2, -0.15) is 0 Å². The summed E-state index contributed by atoms with van der Waals surface area (Å²) in [6.07, 6.45) is 11.3. The monoisotopic (exact) mass is 324 g/mol. The lowest BCUT2D eigenvalue weighted by molar-refractivity contribution is 0.0316. The molecule has 6 heteroatoms. The minimum atomic E-state index is -0.516. The third-order valence-corrected chi connectivity index (χ3v) is 4.10. The van der Waals surface area contributed by atoms with Crippen LogP contribution in [0, 0.1) is 0 Å². The summed E-state index contributed by atoms with van der Waals surface area (Å²) >= 11 is 0. The van der Waals surface area contributed by atoms with Gasteiger partial charge in [-0.15, -0.1) is 0 Å². The molecule has 0 saturated carbocycles. The first-order valence-corrected chi connectivity index (χ1v) is 8.15. The number of hydrogen-bond donors (Lipinski definition) is 0. The van der Waals surface area contributed by atoms with Gasteiger partial charge in [0, 0.05) is 18.0 Å². The Hall–Kier alpha value is -2.63. The molecule has 0 aromatic carbocycles. The summed E-state index contributed by atoms with van der Waals surface area (Å²) in [5.41, 5.74) is 3.69. The van der Waals surface area contributed by atoms with Crippen molar-refractivity contribution in [1.82, 2.24) is 19.4 Å². The van der Waals surface area contributed by atoms with Gasteiger partial charge in [-0.05, 0) is 39.7 Å². The molecule has 0 radical (unpaired) electrons. The molecule has 0 bridgehead atoms. The zero-order valence-corrected chi connectivity index (χ0v) is 14.1. The number of imidazole rings is 1. The fourth-order valence-electron chi connectivity index (χ4n) is 3.10. The molecule has 124 valence electrons. The standard InChI is InChI=1S/C18H20N4O2/c1-18(2,3)24-17(23)21-8-9-22-15(11-21)20-14-10-19-13-7-5-4-6-12(13)16(14)22/h5,7-10H,4,6,11H2,1-3H3. The van der Waals surface area contributed by atoms with E-state index in [2.05, 4.69) is 26.7 Å². The number of aryl methyl sites for hydroxylation is 1. The molecule has 2 aromatic heterocycles. The first-order chi connectivity index (χ1) is 11.4. The highest BCUT2D eigenvalue weighted by Gasteiger charge is 2.26. The van der Waals surface area contributed by atoms with Crippen LogP contribution in [0.2, 0.25) is 0 Å². The second-order valence-corrected chi connectivity index (χ2v) is 7.10. The highest BCUT2D eigenvalue weighted by molar-refractivity contribution is 5.85. The van der Waals surface area contributed by atoms with Crippen molar-refractivity contribution in [1.29, 1.82) is 0 Å². The van der Waals surface area contributed by atoms with Crippen molar-refractivity contribution in [3.63, 3.8) is 0 Å². The van der Waals surface area contributed by atoms with Gasteiger partial charge in [0.2, 0.25) is 0 Å². The molecule has 0 spiro atoms. The number of fused-ring (bicyclic) bond motifs is 5. The van der Waals surface area contributed by atoms with Crippen LogP contribution in [0.3, 0.4) is 0 Å². The van der Waals surface area contributed by atoms with Crippen molar-refractivity contribution >= 4 is 29.4 Å². The fraction of sp³-hybridized carbons (Fsp3) is 0.389. The topological polar surface area (TPSA) is 60.2 Å². The van der Waals surface area contributed by atoms with Crippen LogP contribution in [0.25, 0.3) is 23.3 Å². The first-order valence-electron chi connectivity index (χ1n) is 8.15. The minimum absolute atomic E-state index is 0.361. The number of amides is 1. The Morgan fingerprint density at radius 2 is 2.12 bits per heavy atom. The Morgan fingerprint density at radius 3 is 2.92 bits per heavy atom. The van der Waals surface area contributed by atoms with E-state index < -0.39 is 5.60 Å². The lowest BCUT2D eigenvalue weighted by atomic mass is 10.0. The number of hydrogen-bond acceptors (Lipinski definition) is 4. The lowest BCUT2D eigenvalue weighted by Gasteiger charge is -2.26. The molecule has 6 nitrogen and oxygen atoms in total. The number of pyridine rings is 1. The largest absolute Gasteiger partial charge is 0.443 e. The maximum absolute atomic E-state index is 12.3. The zero-order valence-electron chi connectivity index (χ0n) is 14.1. The predicted molar refractivity (Wildman–Crippen MR) is 92.0 cm³/mol. The Balaban J connectivity index is 1.72. The Bertz CT molecular complexity index is 887. The van der Waals surface area contributed by atoms with E-state index in [1.54, 1.807) is 17.3 Å². The second kappa shape index (κ2) is 5.19. The van der Waals surface area contributed by atoms with Gasteiger partial charge in [0.05, 0.1) is 24.0 Å². The van der Waals surface area contributed by atoms with Crippen LogP contribution in [-0.4, -0.2) is 31.1 Å². The summed E-state index contributed by atoms with van der Waals surface area (Å²) in [7, 11) is 0. The summed E-state index contributed by atoms with van der Waals surface area (Å²) in [5, 5.41) is 0. The van der Waals surface area contributed by atoms with E-state index in [-0.39, 0.29) is 6.09 Å². The van der Waals surface area contributed by atoms with Crippen molar-refractivity contribution in [3.8, 4) is 0 Å². The first kappa shape index (κ1) is 14.9. The molecular formula is C18H20N4O2. The third kappa shape index (κ3) is 2.48. The Morgan fingerprint density at radius 1 is 1.29 bits per heavy atom. The molecule has 3 heterocycles. The number of aromatic nitrogens is 3. The molecule has 2 aromatic rings. The number of nitrogens with zero attached hydrogens (tertiary/aromatic N) is 4. The number of carbonyl (C=O) groups excluding carboxylic acids is 1. The van der Waals surface area contributed by atoms with Crippen molar-refractivity contribution < 1.29 is 9.53 Å². The number of ether oxygens (including phenoxy) is 1. The highest BCUT2D eigenvalue weighted by atomic mass is 16.6. The van der Waals surface area contributed by atoms with E-state index in [9.17, 15) is 4.79 Å². The molecule has 1 aliphatic heterocycles. The molecule has 0 fully saturated rings. The van der Waals surface area contributed by atoms with Crippen LogP contribution < -0.4 is 0 Å². The second-order valence-electron chi connectivity index (χ2n) is 7.10. The smallest absolute Gasteiger partial charge is 0.414 e. The summed E-state index contributed by atoms with van der Waals surface area (Å²) in [6, 6.07) is 0. The molecule has 0 atom stereocenters. The van der Waals surface area contributed by atoms with Crippen LogP contribution in [-0.2, 0) is 17.7 Å². The van der Waals surface area contributed by atoms with Crippen molar-refractivity contribution in [2.45, 2.75) is 45.8 Å². The van der Waals surface area contributed by atoms with Gasteiger partial charge in [-0.25, -0.2) is 9.78 Å². The van der Waals surface area contributed by atoms with Crippen LogP contribution in [0.4, 0.5) is 4.79 Å². The van der Waals surface area contributed by atoms with Gasteiger partial charge in [0.1, 0.15) is 16.9 Å². The van der Waals surface area contributed by atoms with E-state index in [1.807, 2.05) is 27.0 Å². The molecule has 0 unspecified atom stereocenters. The highest BCUT2D eigenvalue weighted by Crippen LogP contribution is 2.29. The number of rotatable bonds is 0. The summed E-state index contributed by atoms with van der Waals surface area (Å²) in [5.74, 6) is 0.822. The molecule has 4 rings (SSSR count). The zero-order chi connectivity index (χ0) is 16.9. The predicted octanol–water partition coefficient (Wildman–Crippen LogP) is 3.57. The molecule has 0 N–H and O–H groups in total. The average Bonchev–Trinajstić information content (AvgIpc) is 2.91. The molecule has 2 aliphatic rings. The maximum Gasteiger partial charge on any atom is 0.414 e. The maximum atomic E-state index is 12.3. The molecule has 0 saturated heterocycles. The van der Waals surface area contributed by atoms with Gasteiger partial charge < -0.3 is 4.74 Å². The van der Waals surface area contributed by atoms with Gasteiger partial charge in [0.15, 0.2) is 0 Å². The van der Waals surface area contributed by atoms with E-state index in [0.717, 1.165) is 35.4 Å². The molecule has 24 heavy (non-hydrogen) atoms. The molecular weight excluding hydrogens is 304 g/mol. The molecule has 1 amide bonds. The Labute approximate surface area is 140 Å². The van der Waals surface area contributed by atoms with Gasteiger partial charge in [0.25, 0.3) is 0 Å². The minimum Gasteiger partial charge on any atom is -0.443 e. The molecule has 1 aliphatic carbocycles. The average molecular weight is 324 g/mol. The van der Waals surface area contributed by atoms with E-state index >= 15 is 0 Å². The van der Waals surface area contributed by atoms with E-state index in [0.29, 0.717) is 6.54 Å². The van der Waals surface area contributed by atoms with Gasteiger partial charge >= 0.3 is 6.09 Å². The summed E-state index contributed by atoms with van der Waals surface area (Å²) < 4.78 is 7.50. The lowest BCUT2D eigenvalue weighted by Crippen LogP contribution is -2.35. The fourth-order valence-corrected chi connectivity index (χ4v) is 3.10. The van der Waals surface area contributed by atoms with Gasteiger partial charge in [-0.3, -0.25) is 14.5 Å². The summed E-state index contributed by atoms with van der Waals surface area (Å²) in [6.45, 7) is 5.97.